The molecule has 2 aromatic rings. The minimum Gasteiger partial charge on any atom is -0.508 e. The third kappa shape index (κ3) is 4.02. The number of amides is 1. The molecular formula is C17H17NO4. The highest BCUT2D eigenvalue weighted by atomic mass is 16.3. The van der Waals surface area contributed by atoms with Crippen molar-refractivity contribution in [2.75, 3.05) is 0 Å². The van der Waals surface area contributed by atoms with Crippen molar-refractivity contribution in [1.29, 1.82) is 0 Å². The van der Waals surface area contributed by atoms with E-state index in [1.807, 2.05) is 0 Å². The Morgan fingerprint density at radius 2 is 1.68 bits per heavy atom. The normalized spacial score (nSPS) is 11.4. The van der Waals surface area contributed by atoms with Crippen LogP contribution in [0.1, 0.15) is 17.5 Å². The van der Waals surface area contributed by atoms with E-state index in [1.54, 1.807) is 36.4 Å². The van der Waals surface area contributed by atoms with E-state index in [-0.39, 0.29) is 17.2 Å². The summed E-state index contributed by atoms with van der Waals surface area (Å²) in [6.45, 7) is 0. The third-order valence-electron chi connectivity index (χ3n) is 3.28. The molecule has 0 aromatic heterocycles. The summed E-state index contributed by atoms with van der Waals surface area (Å²) in [6.07, 6.45) is 2.61. The molecule has 0 radical (unpaired) electrons. The highest BCUT2D eigenvalue weighted by molar-refractivity contribution is 5.96. The lowest BCUT2D eigenvalue weighted by Crippen LogP contribution is -2.14. The summed E-state index contributed by atoms with van der Waals surface area (Å²) in [5, 5.41) is 28.0. The Hall–Kier alpha value is -2.95. The summed E-state index contributed by atoms with van der Waals surface area (Å²) in [5.74, 6) is -0.821. The van der Waals surface area contributed by atoms with Crippen LogP contribution < -0.4 is 5.73 Å². The Bertz CT molecular complexity index is 705. The maximum absolute atomic E-state index is 11.5. The molecule has 2 rings (SSSR count). The van der Waals surface area contributed by atoms with E-state index in [0.717, 1.165) is 5.56 Å². The number of phenols is 3. The molecule has 5 N–H and O–H groups in total. The highest BCUT2D eigenvalue weighted by Crippen LogP contribution is 2.26. The first kappa shape index (κ1) is 15.4. The van der Waals surface area contributed by atoms with Crippen molar-refractivity contribution in [2.24, 2.45) is 5.73 Å². The average Bonchev–Trinajstić information content (AvgIpc) is 2.48. The number of aromatic hydroxyl groups is 3. The van der Waals surface area contributed by atoms with Crippen LogP contribution in [0.3, 0.4) is 0 Å². The quantitative estimate of drug-likeness (QED) is 0.502. The molecule has 0 aliphatic rings. The minimum absolute atomic E-state index is 0.189. The number of benzene rings is 2. The lowest BCUT2D eigenvalue weighted by Gasteiger charge is -2.06. The fraction of sp³-hybridized carbons (Fsp3) is 0.118. The van der Waals surface area contributed by atoms with E-state index < -0.39 is 5.91 Å². The van der Waals surface area contributed by atoms with Gasteiger partial charge in [0.1, 0.15) is 5.75 Å². The van der Waals surface area contributed by atoms with Crippen LogP contribution in [0.5, 0.6) is 17.2 Å². The van der Waals surface area contributed by atoms with Gasteiger partial charge in [0.25, 0.3) is 0 Å². The fourth-order valence-electron chi connectivity index (χ4n) is 2.04. The smallest absolute Gasteiger partial charge is 0.244 e. The molecular weight excluding hydrogens is 282 g/mol. The van der Waals surface area contributed by atoms with Crippen molar-refractivity contribution >= 4 is 12.0 Å². The van der Waals surface area contributed by atoms with Crippen LogP contribution in [0, 0.1) is 0 Å². The fourth-order valence-corrected chi connectivity index (χ4v) is 2.04. The second kappa shape index (κ2) is 6.67. The Labute approximate surface area is 128 Å². The molecule has 22 heavy (non-hydrogen) atoms. The van der Waals surface area contributed by atoms with Crippen LogP contribution in [0.2, 0.25) is 0 Å². The molecule has 114 valence electrons. The number of nitrogens with two attached hydrogens (primary N) is 1. The minimum atomic E-state index is -0.536. The number of phenolic OH excluding ortho intramolecular Hbond substituents is 3. The molecule has 0 saturated heterocycles. The first-order valence-electron chi connectivity index (χ1n) is 6.76. The Morgan fingerprint density at radius 1 is 1.00 bits per heavy atom. The van der Waals surface area contributed by atoms with Crippen LogP contribution in [0.25, 0.3) is 6.08 Å². The van der Waals surface area contributed by atoms with Gasteiger partial charge in [-0.25, -0.2) is 0 Å². The number of primary amides is 1. The van der Waals surface area contributed by atoms with Gasteiger partial charge in [-0.3, -0.25) is 4.79 Å². The van der Waals surface area contributed by atoms with Gasteiger partial charge in [-0.15, -0.1) is 0 Å². The van der Waals surface area contributed by atoms with Gasteiger partial charge in [0.15, 0.2) is 11.5 Å². The molecule has 0 fully saturated rings. The van der Waals surface area contributed by atoms with Gasteiger partial charge in [-0.05, 0) is 54.3 Å². The molecule has 2 aromatic carbocycles. The van der Waals surface area contributed by atoms with Crippen LogP contribution >= 0.6 is 0 Å². The van der Waals surface area contributed by atoms with Gasteiger partial charge in [-0.1, -0.05) is 18.2 Å². The zero-order chi connectivity index (χ0) is 16.1. The Morgan fingerprint density at radius 3 is 2.27 bits per heavy atom. The zero-order valence-corrected chi connectivity index (χ0v) is 11.9. The summed E-state index contributed by atoms with van der Waals surface area (Å²) < 4.78 is 0. The first-order chi connectivity index (χ1) is 10.5. The molecule has 1 amide bonds. The number of carbonyl (C=O) groups excluding carboxylic acids is 1. The van der Waals surface area contributed by atoms with Crippen LogP contribution in [0.4, 0.5) is 0 Å². The van der Waals surface area contributed by atoms with Gasteiger partial charge in [0.2, 0.25) is 5.91 Å². The molecule has 0 spiro atoms. The summed E-state index contributed by atoms with van der Waals surface area (Å²) >= 11 is 0. The predicted octanol–water partition coefficient (Wildman–Crippen LogP) is 2.30. The second-order valence-electron chi connectivity index (χ2n) is 4.95. The van der Waals surface area contributed by atoms with Crippen molar-refractivity contribution < 1.29 is 20.1 Å². The predicted molar refractivity (Wildman–Crippen MR) is 83.4 cm³/mol. The van der Waals surface area contributed by atoms with Crippen molar-refractivity contribution in [1.82, 2.24) is 0 Å². The molecule has 0 saturated carbocycles. The number of rotatable bonds is 5. The van der Waals surface area contributed by atoms with Gasteiger partial charge >= 0.3 is 0 Å². The van der Waals surface area contributed by atoms with Gasteiger partial charge in [0, 0.05) is 5.57 Å². The standard InChI is InChI=1S/C17H17NO4/c18-17(22)13(5-1-11-2-6-14(19)7-3-11)9-12-4-8-15(20)16(21)10-12/h2-4,6-10,19-21H,1,5H2,(H2,18,22)/b13-9+. The topological polar surface area (TPSA) is 104 Å². The molecule has 0 unspecified atom stereocenters. The highest BCUT2D eigenvalue weighted by Gasteiger charge is 2.07. The van der Waals surface area contributed by atoms with Crippen LogP contribution in [-0.2, 0) is 11.2 Å². The van der Waals surface area contributed by atoms with Gasteiger partial charge < -0.3 is 21.1 Å². The summed E-state index contributed by atoms with van der Waals surface area (Å²) in [4.78, 5) is 11.5. The third-order valence-corrected chi connectivity index (χ3v) is 3.28. The Balaban J connectivity index is 2.15. The Kier molecular flexibility index (Phi) is 4.68. The second-order valence-corrected chi connectivity index (χ2v) is 4.95. The number of aryl methyl sites for hydroxylation is 1. The monoisotopic (exact) mass is 299 g/mol. The molecule has 5 heteroatoms. The lowest BCUT2D eigenvalue weighted by molar-refractivity contribution is -0.114. The van der Waals surface area contributed by atoms with Crippen molar-refractivity contribution in [2.45, 2.75) is 12.8 Å². The molecule has 0 aliphatic carbocycles. The molecule has 0 atom stereocenters. The summed E-state index contributed by atoms with van der Waals surface area (Å²) in [5.41, 5.74) is 7.35. The van der Waals surface area contributed by atoms with E-state index in [4.69, 9.17) is 5.73 Å². The van der Waals surface area contributed by atoms with Crippen LogP contribution in [-0.4, -0.2) is 21.2 Å². The van der Waals surface area contributed by atoms with Crippen molar-refractivity contribution in [3.8, 4) is 17.2 Å². The lowest BCUT2D eigenvalue weighted by atomic mass is 10.0. The largest absolute Gasteiger partial charge is 0.508 e. The summed E-state index contributed by atoms with van der Waals surface area (Å²) in [7, 11) is 0. The van der Waals surface area contributed by atoms with Crippen molar-refractivity contribution in [3.63, 3.8) is 0 Å². The molecule has 0 bridgehead atoms. The van der Waals surface area contributed by atoms with E-state index in [9.17, 15) is 20.1 Å². The molecule has 0 heterocycles. The van der Waals surface area contributed by atoms with E-state index in [0.29, 0.717) is 24.0 Å². The maximum atomic E-state index is 11.5. The number of hydrogen-bond acceptors (Lipinski definition) is 4. The first-order valence-corrected chi connectivity index (χ1v) is 6.76. The van der Waals surface area contributed by atoms with Crippen molar-refractivity contribution in [3.05, 3.63) is 59.2 Å². The number of hydrogen-bond donors (Lipinski definition) is 4. The zero-order valence-electron chi connectivity index (χ0n) is 11.9. The van der Waals surface area contributed by atoms with Gasteiger partial charge in [0.05, 0.1) is 0 Å². The molecule has 5 nitrogen and oxygen atoms in total. The molecule has 0 aliphatic heterocycles. The maximum Gasteiger partial charge on any atom is 0.244 e. The van der Waals surface area contributed by atoms with Gasteiger partial charge in [-0.2, -0.15) is 0 Å². The van der Waals surface area contributed by atoms with E-state index in [2.05, 4.69) is 0 Å². The summed E-state index contributed by atoms with van der Waals surface area (Å²) in [6, 6.07) is 11.0. The average molecular weight is 299 g/mol. The number of carbonyl (C=O) groups is 1. The SMILES string of the molecule is NC(=O)/C(=C/c1ccc(O)c(O)c1)CCc1ccc(O)cc1. The van der Waals surface area contributed by atoms with E-state index >= 15 is 0 Å². The van der Waals surface area contributed by atoms with E-state index in [1.165, 1.54) is 12.1 Å². The van der Waals surface area contributed by atoms with Crippen LogP contribution in [0.15, 0.2) is 48.0 Å².